The Hall–Kier alpha value is -2.70. The third-order valence-corrected chi connectivity index (χ3v) is 5.55. The molecule has 7 nitrogen and oxygen atoms in total. The number of methoxy groups -OCH3 is 1. The van der Waals surface area contributed by atoms with E-state index < -0.39 is 23.5 Å². The highest BCUT2D eigenvalue weighted by Gasteiger charge is 2.62. The second-order valence-corrected chi connectivity index (χ2v) is 6.71. The van der Waals surface area contributed by atoms with Gasteiger partial charge in [0.05, 0.1) is 18.6 Å². The van der Waals surface area contributed by atoms with Crippen LogP contribution in [0.15, 0.2) is 24.3 Å². The second kappa shape index (κ2) is 6.90. The maximum Gasteiger partial charge on any atom is 0.328 e. The van der Waals surface area contributed by atoms with Crippen molar-refractivity contribution in [2.45, 2.75) is 50.1 Å². The van der Waals surface area contributed by atoms with Crippen molar-refractivity contribution in [2.75, 3.05) is 12.4 Å². The van der Waals surface area contributed by atoms with Crippen molar-refractivity contribution in [3.05, 3.63) is 29.8 Å². The standard InChI is InChI=1S/C19H22N2O5/c1-3-12(23)8-9-16-19(10-15(17(24)26-2)21(16)11-22)13-6-4-5-7-14(13)20-18(19)25/h4-7,11,15-16H,3,8-10H2,1-2H3,(H,20,25)/t15-,16-,19+/m0/s1. The molecule has 0 unspecified atom stereocenters. The van der Waals surface area contributed by atoms with E-state index in [2.05, 4.69) is 5.32 Å². The lowest BCUT2D eigenvalue weighted by atomic mass is 9.72. The third-order valence-electron chi connectivity index (χ3n) is 5.55. The van der Waals surface area contributed by atoms with Gasteiger partial charge in [-0.1, -0.05) is 25.1 Å². The Labute approximate surface area is 151 Å². The minimum absolute atomic E-state index is 0.0548. The molecule has 138 valence electrons. The van der Waals surface area contributed by atoms with Gasteiger partial charge in [-0.25, -0.2) is 4.79 Å². The Bertz CT molecular complexity index is 762. The number of Topliss-reactive ketones (excluding diaryl/α,β-unsaturated/α-hetero) is 1. The summed E-state index contributed by atoms with van der Waals surface area (Å²) in [5.41, 5.74) is 0.391. The van der Waals surface area contributed by atoms with Crippen molar-refractivity contribution in [2.24, 2.45) is 0 Å². The number of ketones is 1. The maximum atomic E-state index is 13.0. The molecule has 0 bridgehead atoms. The Balaban J connectivity index is 2.08. The van der Waals surface area contributed by atoms with E-state index in [0.29, 0.717) is 24.9 Å². The smallest absolute Gasteiger partial charge is 0.328 e. The van der Waals surface area contributed by atoms with Crippen LogP contribution >= 0.6 is 0 Å². The number of amides is 2. The first-order chi connectivity index (χ1) is 12.5. The number of esters is 1. The van der Waals surface area contributed by atoms with E-state index in [1.807, 2.05) is 18.2 Å². The van der Waals surface area contributed by atoms with E-state index in [1.54, 1.807) is 13.0 Å². The van der Waals surface area contributed by atoms with Crippen molar-refractivity contribution >= 4 is 29.8 Å². The van der Waals surface area contributed by atoms with Gasteiger partial charge in [-0.05, 0) is 24.5 Å². The van der Waals surface area contributed by atoms with Crippen LogP contribution in [0.25, 0.3) is 0 Å². The molecule has 0 radical (unpaired) electrons. The molecule has 1 fully saturated rings. The first-order valence-corrected chi connectivity index (χ1v) is 8.72. The quantitative estimate of drug-likeness (QED) is 0.613. The number of ether oxygens (including phenoxy) is 1. The molecule has 0 saturated carbocycles. The minimum Gasteiger partial charge on any atom is -0.467 e. The maximum absolute atomic E-state index is 13.0. The van der Waals surface area contributed by atoms with E-state index in [-0.39, 0.29) is 24.5 Å². The lowest BCUT2D eigenvalue weighted by Gasteiger charge is -2.32. The zero-order valence-corrected chi connectivity index (χ0v) is 14.9. The highest BCUT2D eigenvalue weighted by molar-refractivity contribution is 6.08. The van der Waals surface area contributed by atoms with Gasteiger partial charge in [0.2, 0.25) is 12.3 Å². The molecule has 2 aliphatic heterocycles. The van der Waals surface area contributed by atoms with Crippen LogP contribution in [-0.4, -0.2) is 48.2 Å². The van der Waals surface area contributed by atoms with Crippen molar-refractivity contribution in [1.82, 2.24) is 4.90 Å². The molecule has 1 spiro atoms. The van der Waals surface area contributed by atoms with Gasteiger partial charge >= 0.3 is 5.97 Å². The van der Waals surface area contributed by atoms with E-state index in [0.717, 1.165) is 5.56 Å². The summed E-state index contributed by atoms with van der Waals surface area (Å²) in [5.74, 6) is -0.747. The topological polar surface area (TPSA) is 92.8 Å². The highest BCUT2D eigenvalue weighted by atomic mass is 16.5. The lowest BCUT2D eigenvalue weighted by molar-refractivity contribution is -0.148. The molecule has 3 atom stereocenters. The fourth-order valence-electron chi connectivity index (χ4n) is 4.25. The summed E-state index contributed by atoms with van der Waals surface area (Å²) in [4.78, 5) is 50.3. The molecule has 7 heteroatoms. The number of carbonyl (C=O) groups excluding carboxylic acids is 4. The van der Waals surface area contributed by atoms with Crippen LogP contribution in [0, 0.1) is 0 Å². The van der Waals surface area contributed by atoms with Crippen molar-refractivity contribution < 1.29 is 23.9 Å². The van der Waals surface area contributed by atoms with Crippen LogP contribution in [0.1, 0.15) is 38.2 Å². The van der Waals surface area contributed by atoms with E-state index in [1.165, 1.54) is 12.0 Å². The molecule has 0 aromatic heterocycles. The van der Waals surface area contributed by atoms with E-state index in [9.17, 15) is 19.2 Å². The van der Waals surface area contributed by atoms with E-state index >= 15 is 0 Å². The van der Waals surface area contributed by atoms with E-state index in [4.69, 9.17) is 4.74 Å². The molecule has 0 aliphatic carbocycles. The number of carbonyl (C=O) groups is 4. The minimum atomic E-state index is -1.05. The monoisotopic (exact) mass is 358 g/mol. The Morgan fingerprint density at radius 3 is 2.77 bits per heavy atom. The zero-order valence-electron chi connectivity index (χ0n) is 14.9. The molecule has 2 aliphatic rings. The number of anilines is 1. The van der Waals surface area contributed by atoms with Crippen LogP contribution < -0.4 is 5.32 Å². The van der Waals surface area contributed by atoms with Gasteiger partial charge in [-0.3, -0.25) is 14.4 Å². The highest BCUT2D eigenvalue weighted by Crippen LogP contribution is 2.51. The van der Waals surface area contributed by atoms with Crippen molar-refractivity contribution in [3.63, 3.8) is 0 Å². The number of nitrogens with zero attached hydrogens (tertiary/aromatic N) is 1. The molecular weight excluding hydrogens is 336 g/mol. The zero-order chi connectivity index (χ0) is 18.9. The third kappa shape index (κ3) is 2.58. The molecule has 1 aromatic rings. The molecular formula is C19H22N2O5. The van der Waals surface area contributed by atoms with Gasteiger partial charge in [0.1, 0.15) is 11.8 Å². The van der Waals surface area contributed by atoms with Gasteiger partial charge in [-0.2, -0.15) is 0 Å². The summed E-state index contributed by atoms with van der Waals surface area (Å²) in [6.45, 7) is 1.78. The average molecular weight is 358 g/mol. The largest absolute Gasteiger partial charge is 0.467 e. The number of hydrogen-bond acceptors (Lipinski definition) is 5. The fraction of sp³-hybridized carbons (Fsp3) is 0.474. The van der Waals surface area contributed by atoms with Gasteiger partial charge in [-0.15, -0.1) is 0 Å². The predicted octanol–water partition coefficient (Wildman–Crippen LogP) is 1.41. The van der Waals surface area contributed by atoms with Crippen LogP contribution in [0.4, 0.5) is 5.69 Å². The first-order valence-electron chi connectivity index (χ1n) is 8.72. The number of para-hydroxylation sites is 1. The Morgan fingerprint density at radius 1 is 1.38 bits per heavy atom. The summed E-state index contributed by atoms with van der Waals surface area (Å²) in [6.07, 6.45) is 1.69. The summed E-state index contributed by atoms with van der Waals surface area (Å²) >= 11 is 0. The molecule has 1 N–H and O–H groups in total. The van der Waals surface area contributed by atoms with Gasteiger partial charge in [0.15, 0.2) is 0 Å². The normalized spacial score (nSPS) is 26.5. The lowest BCUT2D eigenvalue weighted by Crippen LogP contribution is -2.48. The Kier molecular flexibility index (Phi) is 4.80. The van der Waals surface area contributed by atoms with Crippen LogP contribution in [0.3, 0.4) is 0 Å². The predicted molar refractivity (Wildman–Crippen MR) is 93.4 cm³/mol. The average Bonchev–Trinajstić information content (AvgIpc) is 3.14. The summed E-state index contributed by atoms with van der Waals surface area (Å²) in [6, 6.07) is 5.85. The number of rotatable bonds is 6. The van der Waals surface area contributed by atoms with Gasteiger partial charge in [0, 0.05) is 18.5 Å². The number of fused-ring (bicyclic) bond motifs is 2. The van der Waals surface area contributed by atoms with Crippen LogP contribution in [0.2, 0.25) is 0 Å². The van der Waals surface area contributed by atoms with Crippen molar-refractivity contribution in [3.8, 4) is 0 Å². The summed E-state index contributed by atoms with van der Waals surface area (Å²) in [7, 11) is 1.26. The van der Waals surface area contributed by atoms with Crippen molar-refractivity contribution in [1.29, 1.82) is 0 Å². The number of likely N-dealkylation sites (tertiary alicyclic amines) is 1. The number of benzene rings is 1. The Morgan fingerprint density at radius 2 is 2.12 bits per heavy atom. The molecule has 2 amide bonds. The fourth-order valence-corrected chi connectivity index (χ4v) is 4.25. The second-order valence-electron chi connectivity index (χ2n) is 6.71. The SMILES string of the molecule is CCC(=O)CC[C@@H]1N(C=O)[C@H](C(=O)OC)C[C@]12C(=O)Nc1ccccc12. The molecule has 3 rings (SSSR count). The number of hydrogen-bond donors (Lipinski definition) is 1. The molecule has 1 aromatic carbocycles. The summed E-state index contributed by atoms with van der Waals surface area (Å²) < 4.78 is 4.85. The molecule has 2 heterocycles. The number of nitrogens with one attached hydrogen (secondary N) is 1. The van der Waals surface area contributed by atoms with Crippen LogP contribution in [-0.2, 0) is 29.3 Å². The van der Waals surface area contributed by atoms with Gasteiger partial charge < -0.3 is 15.0 Å². The first kappa shape index (κ1) is 18.1. The molecule has 26 heavy (non-hydrogen) atoms. The summed E-state index contributed by atoms with van der Waals surface area (Å²) in [5, 5.41) is 2.87. The van der Waals surface area contributed by atoms with Gasteiger partial charge in [0.25, 0.3) is 0 Å². The van der Waals surface area contributed by atoms with Crippen LogP contribution in [0.5, 0.6) is 0 Å². The molecule has 1 saturated heterocycles.